The summed E-state index contributed by atoms with van der Waals surface area (Å²) in [4.78, 5) is 11.8. The van der Waals surface area contributed by atoms with Crippen LogP contribution < -0.4 is 10.9 Å². The van der Waals surface area contributed by atoms with Crippen molar-refractivity contribution in [1.82, 2.24) is 5.43 Å². The van der Waals surface area contributed by atoms with Crippen LogP contribution in [0.3, 0.4) is 0 Å². The Morgan fingerprint density at radius 3 is 2.48 bits per heavy atom. The molecule has 0 radical (unpaired) electrons. The molecule has 110 valence electrons. The second-order valence-corrected chi connectivity index (χ2v) is 5.29. The van der Waals surface area contributed by atoms with E-state index in [1.165, 1.54) is 11.1 Å². The topological polar surface area (TPSA) is 41.1 Å². The lowest BCUT2D eigenvalue weighted by Gasteiger charge is -2.09. The zero-order valence-electron chi connectivity index (χ0n) is 12.0. The van der Waals surface area contributed by atoms with Crippen molar-refractivity contribution in [2.24, 2.45) is 0 Å². The lowest BCUT2D eigenvalue weighted by molar-refractivity contribution is -0.120. The number of amides is 1. The predicted octanol–water partition coefficient (Wildman–Crippen LogP) is 3.98. The predicted molar refractivity (Wildman–Crippen MR) is 87.4 cm³/mol. The maximum Gasteiger partial charge on any atom is 0.238 e. The maximum atomic E-state index is 11.8. The number of aryl methyl sites for hydroxylation is 2. The van der Waals surface area contributed by atoms with Gasteiger partial charge in [-0.15, -0.1) is 0 Å². The van der Waals surface area contributed by atoms with E-state index in [1.807, 2.05) is 12.1 Å². The third kappa shape index (κ3) is 5.12. The summed E-state index contributed by atoms with van der Waals surface area (Å²) in [6.07, 6.45) is 2.20. The summed E-state index contributed by atoms with van der Waals surface area (Å²) in [6, 6.07) is 15.6. The Labute approximate surface area is 130 Å². The summed E-state index contributed by atoms with van der Waals surface area (Å²) >= 11 is 5.87. The van der Waals surface area contributed by atoms with E-state index in [4.69, 9.17) is 11.6 Å². The number of carbonyl (C=O) groups is 1. The highest BCUT2D eigenvalue weighted by atomic mass is 35.5. The molecule has 0 atom stereocenters. The molecule has 2 rings (SSSR count). The molecule has 0 unspecified atom stereocenters. The molecule has 3 nitrogen and oxygen atoms in total. The van der Waals surface area contributed by atoms with Gasteiger partial charge in [-0.3, -0.25) is 15.6 Å². The van der Waals surface area contributed by atoms with Gasteiger partial charge in [-0.25, -0.2) is 0 Å². The summed E-state index contributed by atoms with van der Waals surface area (Å²) in [6.45, 7) is 2.13. The van der Waals surface area contributed by atoms with Gasteiger partial charge in [-0.1, -0.05) is 48.9 Å². The normalized spacial score (nSPS) is 10.2. The van der Waals surface area contributed by atoms with Gasteiger partial charge in [0.05, 0.1) is 5.69 Å². The smallest absolute Gasteiger partial charge is 0.238 e. The Morgan fingerprint density at radius 2 is 1.81 bits per heavy atom. The van der Waals surface area contributed by atoms with Crippen LogP contribution >= 0.6 is 11.6 Å². The van der Waals surface area contributed by atoms with Crippen molar-refractivity contribution in [2.75, 3.05) is 5.43 Å². The van der Waals surface area contributed by atoms with E-state index < -0.39 is 0 Å². The lowest BCUT2D eigenvalue weighted by atomic mass is 10.1. The Kier molecular flexibility index (Phi) is 5.64. The average molecular weight is 303 g/mol. The zero-order chi connectivity index (χ0) is 15.1. The number of benzene rings is 2. The lowest BCUT2D eigenvalue weighted by Crippen LogP contribution is -2.29. The van der Waals surface area contributed by atoms with Crippen molar-refractivity contribution in [1.29, 1.82) is 0 Å². The first-order chi connectivity index (χ1) is 10.2. The Hall–Kier alpha value is -2.00. The number of nitrogens with one attached hydrogen (secondary N) is 2. The Balaban J connectivity index is 1.76. The summed E-state index contributed by atoms with van der Waals surface area (Å²) in [5, 5.41) is 0.630. The van der Waals surface area contributed by atoms with Gasteiger partial charge in [0.1, 0.15) is 0 Å². The second kappa shape index (κ2) is 7.70. The minimum Gasteiger partial charge on any atom is -0.299 e. The van der Waals surface area contributed by atoms with E-state index in [-0.39, 0.29) is 5.91 Å². The molecular formula is C17H19ClN2O. The van der Waals surface area contributed by atoms with E-state index in [0.717, 1.165) is 18.5 Å². The van der Waals surface area contributed by atoms with Crippen LogP contribution in [0.4, 0.5) is 5.69 Å². The van der Waals surface area contributed by atoms with E-state index in [2.05, 4.69) is 42.0 Å². The number of carbonyl (C=O) groups excluding carboxylic acids is 1. The summed E-state index contributed by atoms with van der Waals surface area (Å²) in [7, 11) is 0. The third-order valence-electron chi connectivity index (χ3n) is 3.24. The number of halogens is 1. The number of anilines is 1. The van der Waals surface area contributed by atoms with E-state index >= 15 is 0 Å². The third-order valence-corrected chi connectivity index (χ3v) is 3.48. The first-order valence-electron chi connectivity index (χ1n) is 7.05. The molecule has 0 aromatic heterocycles. The van der Waals surface area contributed by atoms with Crippen molar-refractivity contribution < 1.29 is 4.79 Å². The molecule has 0 saturated carbocycles. The quantitative estimate of drug-likeness (QED) is 0.793. The van der Waals surface area contributed by atoms with E-state index in [9.17, 15) is 4.79 Å². The highest BCUT2D eigenvalue weighted by molar-refractivity contribution is 6.30. The second-order valence-electron chi connectivity index (χ2n) is 4.85. The standard InChI is InChI=1S/C17H19ClN2O/c1-2-13-6-8-14(9-7-13)10-11-17(21)20-19-16-5-3-4-15(18)12-16/h3-9,12,19H,2,10-11H2,1H3,(H,20,21). The van der Waals surface area contributed by atoms with Crippen molar-refractivity contribution in [3.8, 4) is 0 Å². The number of hydrogen-bond acceptors (Lipinski definition) is 2. The highest BCUT2D eigenvalue weighted by Crippen LogP contribution is 2.14. The van der Waals surface area contributed by atoms with Crippen molar-refractivity contribution in [2.45, 2.75) is 26.2 Å². The average Bonchev–Trinajstić information content (AvgIpc) is 2.51. The molecule has 0 aliphatic rings. The molecule has 0 heterocycles. The molecule has 4 heteroatoms. The summed E-state index contributed by atoms with van der Waals surface area (Å²) in [5.41, 5.74) is 8.78. The highest BCUT2D eigenvalue weighted by Gasteiger charge is 2.02. The van der Waals surface area contributed by atoms with Gasteiger partial charge in [0, 0.05) is 11.4 Å². The maximum absolute atomic E-state index is 11.8. The first-order valence-corrected chi connectivity index (χ1v) is 7.43. The Morgan fingerprint density at radius 1 is 1.10 bits per heavy atom. The van der Waals surface area contributed by atoms with Crippen LogP contribution in [0.1, 0.15) is 24.5 Å². The molecule has 0 saturated heterocycles. The van der Waals surface area contributed by atoms with Gasteiger partial charge in [-0.05, 0) is 42.2 Å². The number of hydrazine groups is 1. The number of hydrogen-bond donors (Lipinski definition) is 2. The molecule has 2 aromatic carbocycles. The minimum atomic E-state index is -0.0467. The molecule has 21 heavy (non-hydrogen) atoms. The van der Waals surface area contributed by atoms with Crippen molar-refractivity contribution in [3.05, 3.63) is 64.7 Å². The van der Waals surface area contributed by atoms with Crippen LogP contribution in [0.5, 0.6) is 0 Å². The summed E-state index contributed by atoms with van der Waals surface area (Å²) < 4.78 is 0. The molecule has 2 N–H and O–H groups in total. The fourth-order valence-electron chi connectivity index (χ4n) is 1.97. The van der Waals surface area contributed by atoms with Gasteiger partial charge >= 0.3 is 0 Å². The minimum absolute atomic E-state index is 0.0467. The van der Waals surface area contributed by atoms with Crippen LogP contribution in [0.25, 0.3) is 0 Å². The first kappa shape index (κ1) is 15.4. The fraction of sp³-hybridized carbons (Fsp3) is 0.235. The van der Waals surface area contributed by atoms with Crippen LogP contribution in [-0.4, -0.2) is 5.91 Å². The van der Waals surface area contributed by atoms with Gasteiger partial charge < -0.3 is 0 Å². The fourth-order valence-corrected chi connectivity index (χ4v) is 2.16. The van der Waals surface area contributed by atoms with Gasteiger partial charge in [0.15, 0.2) is 0 Å². The molecule has 0 fully saturated rings. The van der Waals surface area contributed by atoms with Crippen LogP contribution in [0, 0.1) is 0 Å². The monoisotopic (exact) mass is 302 g/mol. The molecule has 0 aliphatic heterocycles. The molecule has 2 aromatic rings. The summed E-state index contributed by atoms with van der Waals surface area (Å²) in [5.74, 6) is -0.0467. The molecule has 0 spiro atoms. The zero-order valence-corrected chi connectivity index (χ0v) is 12.8. The molecular weight excluding hydrogens is 284 g/mol. The van der Waals surface area contributed by atoms with Crippen LogP contribution in [0.2, 0.25) is 5.02 Å². The van der Waals surface area contributed by atoms with E-state index in [1.54, 1.807) is 12.1 Å². The molecule has 1 amide bonds. The SMILES string of the molecule is CCc1ccc(CCC(=O)NNc2cccc(Cl)c2)cc1. The van der Waals surface area contributed by atoms with Crippen molar-refractivity contribution in [3.63, 3.8) is 0 Å². The number of rotatable bonds is 6. The molecule has 0 bridgehead atoms. The van der Waals surface area contributed by atoms with Gasteiger partial charge in [-0.2, -0.15) is 0 Å². The van der Waals surface area contributed by atoms with Gasteiger partial charge in [0.2, 0.25) is 5.91 Å². The van der Waals surface area contributed by atoms with E-state index in [0.29, 0.717) is 11.4 Å². The largest absolute Gasteiger partial charge is 0.299 e. The van der Waals surface area contributed by atoms with Crippen LogP contribution in [-0.2, 0) is 17.6 Å². The van der Waals surface area contributed by atoms with Crippen LogP contribution in [0.15, 0.2) is 48.5 Å². The van der Waals surface area contributed by atoms with Crippen molar-refractivity contribution >= 4 is 23.2 Å². The molecule has 0 aliphatic carbocycles. The van der Waals surface area contributed by atoms with Gasteiger partial charge in [0.25, 0.3) is 0 Å². The Bertz CT molecular complexity index is 596.